The Bertz CT molecular complexity index is 332. The molecule has 0 radical (unpaired) electrons. The maximum atomic E-state index is 11.0. The first kappa shape index (κ1) is 9.36. The van der Waals surface area contributed by atoms with Crippen LogP contribution in [0.1, 0.15) is 5.56 Å². The van der Waals surface area contributed by atoms with E-state index in [1.54, 1.807) is 11.3 Å². The molecule has 0 atom stereocenters. The summed E-state index contributed by atoms with van der Waals surface area (Å²) >= 11 is 1.62. The van der Waals surface area contributed by atoms with Crippen molar-refractivity contribution in [3.05, 3.63) is 22.4 Å². The molecule has 0 bridgehead atoms. The number of thiophene rings is 1. The molecule has 1 saturated heterocycles. The van der Waals surface area contributed by atoms with E-state index in [-0.39, 0.29) is 11.8 Å². The molecule has 2 amide bonds. The van der Waals surface area contributed by atoms with Gasteiger partial charge < -0.3 is 0 Å². The smallest absolute Gasteiger partial charge is 0.240 e. The average molecular weight is 210 g/mol. The van der Waals surface area contributed by atoms with Crippen LogP contribution >= 0.6 is 11.3 Å². The van der Waals surface area contributed by atoms with Crippen LogP contribution in [0.5, 0.6) is 0 Å². The van der Waals surface area contributed by atoms with E-state index in [1.807, 2.05) is 21.7 Å². The molecule has 2 heterocycles. The van der Waals surface area contributed by atoms with Crippen LogP contribution in [0.2, 0.25) is 0 Å². The summed E-state index contributed by atoms with van der Waals surface area (Å²) < 4.78 is 0. The van der Waals surface area contributed by atoms with Gasteiger partial charge in [-0.05, 0) is 22.4 Å². The second kappa shape index (κ2) is 3.89. The largest absolute Gasteiger partial charge is 0.294 e. The topological polar surface area (TPSA) is 49.4 Å². The van der Waals surface area contributed by atoms with Crippen molar-refractivity contribution in [1.82, 2.24) is 10.2 Å². The standard InChI is InChI=1S/C9H10N2O2S/c12-8-4-11(5-9(13)10-8)3-7-1-2-14-6-7/h1-2,6H,3-5H2,(H,10,12,13). The van der Waals surface area contributed by atoms with E-state index in [2.05, 4.69) is 5.32 Å². The van der Waals surface area contributed by atoms with E-state index in [0.717, 1.165) is 5.56 Å². The van der Waals surface area contributed by atoms with Crippen LogP contribution in [0.4, 0.5) is 0 Å². The number of piperazine rings is 1. The van der Waals surface area contributed by atoms with Crippen molar-refractivity contribution in [3.8, 4) is 0 Å². The average Bonchev–Trinajstić information content (AvgIpc) is 2.54. The second-order valence-electron chi connectivity index (χ2n) is 3.25. The molecule has 14 heavy (non-hydrogen) atoms. The summed E-state index contributed by atoms with van der Waals surface area (Å²) in [6.45, 7) is 1.28. The lowest BCUT2D eigenvalue weighted by Gasteiger charge is -2.24. The van der Waals surface area contributed by atoms with Gasteiger partial charge >= 0.3 is 0 Å². The number of hydrogen-bond acceptors (Lipinski definition) is 4. The molecule has 2 rings (SSSR count). The van der Waals surface area contributed by atoms with Crippen molar-refractivity contribution in [1.29, 1.82) is 0 Å². The number of nitrogens with zero attached hydrogens (tertiary/aromatic N) is 1. The third kappa shape index (κ3) is 2.18. The molecule has 1 fully saturated rings. The van der Waals surface area contributed by atoms with Gasteiger partial charge in [0.2, 0.25) is 11.8 Å². The highest BCUT2D eigenvalue weighted by atomic mass is 32.1. The first-order valence-corrected chi connectivity index (χ1v) is 5.24. The van der Waals surface area contributed by atoms with E-state index in [0.29, 0.717) is 19.6 Å². The lowest BCUT2D eigenvalue weighted by atomic mass is 10.2. The van der Waals surface area contributed by atoms with E-state index in [9.17, 15) is 9.59 Å². The highest BCUT2D eigenvalue weighted by molar-refractivity contribution is 7.07. The molecule has 1 aliphatic heterocycles. The van der Waals surface area contributed by atoms with Crippen LogP contribution in [0, 0.1) is 0 Å². The predicted molar refractivity (Wildman–Crippen MR) is 52.7 cm³/mol. The van der Waals surface area contributed by atoms with E-state index in [4.69, 9.17) is 0 Å². The van der Waals surface area contributed by atoms with Crippen molar-refractivity contribution in [2.45, 2.75) is 6.54 Å². The minimum atomic E-state index is -0.212. The van der Waals surface area contributed by atoms with Crippen LogP contribution < -0.4 is 5.32 Å². The molecule has 0 unspecified atom stereocenters. The Balaban J connectivity index is 1.98. The molecule has 1 N–H and O–H groups in total. The third-order valence-electron chi connectivity index (χ3n) is 2.00. The van der Waals surface area contributed by atoms with Gasteiger partial charge in [-0.1, -0.05) is 0 Å². The molecule has 0 aromatic carbocycles. The van der Waals surface area contributed by atoms with Crippen molar-refractivity contribution in [3.63, 3.8) is 0 Å². The summed E-state index contributed by atoms with van der Waals surface area (Å²) in [5.74, 6) is -0.423. The number of carbonyl (C=O) groups excluding carboxylic acids is 2. The van der Waals surface area contributed by atoms with Crippen molar-refractivity contribution in [2.24, 2.45) is 0 Å². The van der Waals surface area contributed by atoms with Gasteiger partial charge in [0.15, 0.2) is 0 Å². The Morgan fingerprint density at radius 2 is 2.07 bits per heavy atom. The summed E-state index contributed by atoms with van der Waals surface area (Å²) in [5.41, 5.74) is 1.15. The predicted octanol–water partition coefficient (Wildman–Crippen LogP) is 0.207. The molecule has 4 nitrogen and oxygen atoms in total. The zero-order valence-corrected chi connectivity index (χ0v) is 8.34. The van der Waals surface area contributed by atoms with Gasteiger partial charge in [0.05, 0.1) is 13.1 Å². The van der Waals surface area contributed by atoms with Crippen LogP contribution in [-0.2, 0) is 16.1 Å². The summed E-state index contributed by atoms with van der Waals surface area (Å²) in [7, 11) is 0. The zero-order valence-electron chi connectivity index (χ0n) is 7.53. The van der Waals surface area contributed by atoms with Gasteiger partial charge in [-0.3, -0.25) is 19.8 Å². The highest BCUT2D eigenvalue weighted by Gasteiger charge is 2.22. The zero-order chi connectivity index (χ0) is 9.97. The molecule has 1 aliphatic rings. The second-order valence-corrected chi connectivity index (χ2v) is 4.03. The number of amides is 2. The molecule has 0 saturated carbocycles. The third-order valence-corrected chi connectivity index (χ3v) is 2.73. The summed E-state index contributed by atoms with van der Waals surface area (Å²) in [6.07, 6.45) is 0. The summed E-state index contributed by atoms with van der Waals surface area (Å²) in [6, 6.07) is 2.00. The van der Waals surface area contributed by atoms with Gasteiger partial charge in [0.25, 0.3) is 0 Å². The molecule has 0 spiro atoms. The lowest BCUT2D eigenvalue weighted by molar-refractivity contribution is -0.136. The van der Waals surface area contributed by atoms with Gasteiger partial charge in [-0.15, -0.1) is 0 Å². The number of nitrogens with one attached hydrogen (secondary N) is 1. The maximum Gasteiger partial charge on any atom is 0.240 e. The fourth-order valence-electron chi connectivity index (χ4n) is 1.45. The fourth-order valence-corrected chi connectivity index (χ4v) is 2.11. The van der Waals surface area contributed by atoms with E-state index >= 15 is 0 Å². The molecular formula is C9H10N2O2S. The quantitative estimate of drug-likeness (QED) is 0.710. The van der Waals surface area contributed by atoms with Gasteiger partial charge in [-0.2, -0.15) is 11.3 Å². The Labute approximate surface area is 85.5 Å². The maximum absolute atomic E-state index is 11.0. The Morgan fingerprint density at radius 3 is 2.64 bits per heavy atom. The van der Waals surface area contributed by atoms with Crippen LogP contribution in [-0.4, -0.2) is 29.8 Å². The van der Waals surface area contributed by atoms with Gasteiger partial charge in [-0.25, -0.2) is 0 Å². The van der Waals surface area contributed by atoms with Crippen LogP contribution in [0.3, 0.4) is 0 Å². The molecule has 1 aromatic heterocycles. The van der Waals surface area contributed by atoms with Crippen molar-refractivity contribution >= 4 is 23.2 Å². The minimum Gasteiger partial charge on any atom is -0.294 e. The monoisotopic (exact) mass is 210 g/mol. The summed E-state index contributed by atoms with van der Waals surface area (Å²) in [4.78, 5) is 23.9. The van der Waals surface area contributed by atoms with Crippen LogP contribution in [0.15, 0.2) is 16.8 Å². The molecule has 0 aliphatic carbocycles. The first-order valence-electron chi connectivity index (χ1n) is 4.30. The normalized spacial score (nSPS) is 18.3. The van der Waals surface area contributed by atoms with Crippen molar-refractivity contribution in [2.75, 3.05) is 13.1 Å². The molecular weight excluding hydrogens is 200 g/mol. The van der Waals surface area contributed by atoms with Crippen molar-refractivity contribution < 1.29 is 9.59 Å². The molecule has 5 heteroatoms. The lowest BCUT2D eigenvalue weighted by Crippen LogP contribution is -2.50. The highest BCUT2D eigenvalue weighted by Crippen LogP contribution is 2.09. The molecule has 1 aromatic rings. The number of hydrogen-bond donors (Lipinski definition) is 1. The van der Waals surface area contributed by atoms with E-state index < -0.39 is 0 Å². The Hall–Kier alpha value is -1.20. The number of carbonyl (C=O) groups is 2. The van der Waals surface area contributed by atoms with E-state index in [1.165, 1.54) is 0 Å². The first-order chi connectivity index (χ1) is 6.74. The van der Waals surface area contributed by atoms with Crippen LogP contribution in [0.25, 0.3) is 0 Å². The SMILES string of the molecule is O=C1CN(Cc2ccsc2)CC(=O)N1. The van der Waals surface area contributed by atoms with Gasteiger partial charge in [0, 0.05) is 6.54 Å². The Morgan fingerprint density at radius 1 is 1.36 bits per heavy atom. The summed E-state index contributed by atoms with van der Waals surface area (Å²) in [5, 5.41) is 6.28. The Kier molecular flexibility index (Phi) is 2.60. The minimum absolute atomic E-state index is 0.212. The number of rotatable bonds is 2. The fraction of sp³-hybridized carbons (Fsp3) is 0.333. The van der Waals surface area contributed by atoms with Gasteiger partial charge in [0.1, 0.15) is 0 Å². The number of imide groups is 1. The molecule has 74 valence electrons.